The molecule has 0 amide bonds. The third-order valence-electron chi connectivity index (χ3n) is 1.77. The lowest BCUT2D eigenvalue weighted by atomic mass is 10.2. The minimum Gasteiger partial charge on any atom is -0.365 e. The van der Waals surface area contributed by atoms with Crippen LogP contribution in [-0.4, -0.2) is 11.0 Å². The second-order valence-corrected chi connectivity index (χ2v) is 3.58. The van der Waals surface area contributed by atoms with Gasteiger partial charge in [-0.1, -0.05) is 35.3 Å². The first-order valence-electron chi connectivity index (χ1n) is 3.67. The zero-order chi connectivity index (χ0) is 8.55. The van der Waals surface area contributed by atoms with E-state index < -0.39 is 0 Å². The molecule has 0 aromatic heterocycles. The lowest BCUT2D eigenvalue weighted by Gasteiger charge is -2.28. The van der Waals surface area contributed by atoms with E-state index in [2.05, 4.69) is 10.6 Å². The van der Waals surface area contributed by atoms with Gasteiger partial charge in [-0.15, -0.1) is 0 Å². The first-order valence-corrected chi connectivity index (χ1v) is 4.55. The number of para-hydroxylation sites is 2. The summed E-state index contributed by atoms with van der Waals surface area (Å²) in [6.45, 7) is 0. The summed E-state index contributed by atoms with van der Waals surface area (Å²) in [6.07, 6.45) is 0. The van der Waals surface area contributed by atoms with E-state index in [-0.39, 0.29) is 11.0 Å². The molecule has 1 aromatic rings. The average Bonchev–Trinajstić information content (AvgIpc) is 2.07. The molecule has 2 nitrogen and oxygen atoms in total. The molecule has 1 aliphatic rings. The molecule has 0 unspecified atom stereocenters. The van der Waals surface area contributed by atoms with Crippen LogP contribution in [0.5, 0.6) is 0 Å². The van der Waals surface area contributed by atoms with E-state index >= 15 is 0 Å². The van der Waals surface area contributed by atoms with Crippen molar-refractivity contribution in [3.8, 4) is 0 Å². The number of hydrogen-bond donors (Lipinski definition) is 2. The Hall–Kier alpha value is -0.600. The molecule has 1 heterocycles. The van der Waals surface area contributed by atoms with Crippen molar-refractivity contribution in [2.45, 2.75) is 11.0 Å². The van der Waals surface area contributed by atoms with Gasteiger partial charge in [0.15, 0.2) is 0 Å². The van der Waals surface area contributed by atoms with Crippen LogP contribution in [0.4, 0.5) is 11.4 Å². The van der Waals surface area contributed by atoms with Gasteiger partial charge in [0.1, 0.15) is 11.0 Å². The summed E-state index contributed by atoms with van der Waals surface area (Å²) in [5.74, 6) is 0. The molecular formula is C8H8Cl2N2. The standard InChI is InChI=1S/C8H8Cl2N2/c9-7-8(10)12-6-4-2-1-3-5(6)11-7/h1-4,7-8,11-12H/t7-,8-/m1/s1. The molecule has 0 saturated carbocycles. The molecule has 2 rings (SSSR count). The Morgan fingerprint density at radius 3 is 1.75 bits per heavy atom. The van der Waals surface area contributed by atoms with Gasteiger partial charge in [0.2, 0.25) is 0 Å². The molecule has 1 aliphatic heterocycles. The van der Waals surface area contributed by atoms with Crippen LogP contribution < -0.4 is 10.6 Å². The number of rotatable bonds is 0. The molecule has 0 radical (unpaired) electrons. The highest BCUT2D eigenvalue weighted by Crippen LogP contribution is 2.30. The normalized spacial score (nSPS) is 26.8. The maximum Gasteiger partial charge on any atom is 0.136 e. The van der Waals surface area contributed by atoms with E-state index in [1.54, 1.807) is 0 Å². The largest absolute Gasteiger partial charge is 0.365 e. The van der Waals surface area contributed by atoms with Crippen LogP contribution in [0, 0.1) is 0 Å². The quantitative estimate of drug-likeness (QED) is 0.500. The number of benzene rings is 1. The lowest BCUT2D eigenvalue weighted by Crippen LogP contribution is -2.35. The van der Waals surface area contributed by atoms with Crippen LogP contribution in [-0.2, 0) is 0 Å². The minimum atomic E-state index is -0.262. The van der Waals surface area contributed by atoms with E-state index in [1.807, 2.05) is 24.3 Å². The van der Waals surface area contributed by atoms with Crippen LogP contribution in [0.2, 0.25) is 0 Å². The molecule has 0 spiro atoms. The van der Waals surface area contributed by atoms with Crippen molar-refractivity contribution >= 4 is 34.6 Å². The highest BCUT2D eigenvalue weighted by Gasteiger charge is 2.22. The van der Waals surface area contributed by atoms with Gasteiger partial charge in [-0.2, -0.15) is 0 Å². The van der Waals surface area contributed by atoms with E-state index in [0.29, 0.717) is 0 Å². The highest BCUT2D eigenvalue weighted by atomic mass is 35.5. The molecule has 0 aliphatic carbocycles. The summed E-state index contributed by atoms with van der Waals surface area (Å²) in [6, 6.07) is 7.82. The maximum atomic E-state index is 5.89. The van der Waals surface area contributed by atoms with Crippen molar-refractivity contribution < 1.29 is 0 Å². The Morgan fingerprint density at radius 2 is 1.33 bits per heavy atom. The Labute approximate surface area is 80.9 Å². The van der Waals surface area contributed by atoms with Gasteiger partial charge in [-0.3, -0.25) is 0 Å². The van der Waals surface area contributed by atoms with Crippen molar-refractivity contribution in [3.63, 3.8) is 0 Å². The summed E-state index contributed by atoms with van der Waals surface area (Å²) in [4.78, 5) is 0. The summed E-state index contributed by atoms with van der Waals surface area (Å²) < 4.78 is 0. The van der Waals surface area contributed by atoms with Gasteiger partial charge in [0, 0.05) is 0 Å². The average molecular weight is 203 g/mol. The monoisotopic (exact) mass is 202 g/mol. The van der Waals surface area contributed by atoms with Gasteiger partial charge >= 0.3 is 0 Å². The van der Waals surface area contributed by atoms with Crippen LogP contribution in [0.1, 0.15) is 0 Å². The summed E-state index contributed by atoms with van der Waals surface area (Å²) in [5.41, 5.74) is 1.46. The second-order valence-electron chi connectivity index (χ2n) is 2.64. The predicted molar refractivity (Wildman–Crippen MR) is 53.0 cm³/mol. The molecule has 1 aromatic carbocycles. The zero-order valence-corrected chi connectivity index (χ0v) is 7.73. The van der Waals surface area contributed by atoms with E-state index in [0.717, 1.165) is 11.4 Å². The summed E-state index contributed by atoms with van der Waals surface area (Å²) >= 11 is 11.8. The van der Waals surface area contributed by atoms with E-state index in [1.165, 1.54) is 0 Å². The summed E-state index contributed by atoms with van der Waals surface area (Å²) in [7, 11) is 0. The zero-order valence-electron chi connectivity index (χ0n) is 6.22. The van der Waals surface area contributed by atoms with Gasteiger partial charge in [0.05, 0.1) is 11.4 Å². The van der Waals surface area contributed by atoms with E-state index in [4.69, 9.17) is 23.2 Å². The first kappa shape index (κ1) is 8.02. The van der Waals surface area contributed by atoms with Crippen molar-refractivity contribution in [1.82, 2.24) is 0 Å². The summed E-state index contributed by atoms with van der Waals surface area (Å²) in [5, 5.41) is 6.16. The molecule has 2 N–H and O–H groups in total. The number of fused-ring (bicyclic) bond motifs is 1. The predicted octanol–water partition coefficient (Wildman–Crippen LogP) is 2.65. The number of halogens is 2. The van der Waals surface area contributed by atoms with Gasteiger partial charge < -0.3 is 10.6 Å². The smallest absolute Gasteiger partial charge is 0.136 e. The van der Waals surface area contributed by atoms with Gasteiger partial charge in [0.25, 0.3) is 0 Å². The molecule has 0 saturated heterocycles. The van der Waals surface area contributed by atoms with Crippen LogP contribution in [0.3, 0.4) is 0 Å². The number of alkyl halides is 2. The Morgan fingerprint density at radius 1 is 0.917 bits per heavy atom. The Bertz CT molecular complexity index is 261. The Kier molecular flexibility index (Phi) is 2.03. The fourth-order valence-electron chi connectivity index (χ4n) is 1.18. The molecule has 2 atom stereocenters. The van der Waals surface area contributed by atoms with Crippen LogP contribution in [0.15, 0.2) is 24.3 Å². The van der Waals surface area contributed by atoms with Gasteiger partial charge in [-0.05, 0) is 12.1 Å². The second kappa shape index (κ2) is 3.04. The molecular weight excluding hydrogens is 195 g/mol. The first-order chi connectivity index (χ1) is 5.77. The van der Waals surface area contributed by atoms with Crippen LogP contribution >= 0.6 is 23.2 Å². The van der Waals surface area contributed by atoms with Crippen molar-refractivity contribution in [2.75, 3.05) is 10.6 Å². The maximum absolute atomic E-state index is 5.89. The molecule has 4 heteroatoms. The molecule has 64 valence electrons. The Balaban J connectivity index is 2.34. The van der Waals surface area contributed by atoms with Crippen molar-refractivity contribution in [1.29, 1.82) is 0 Å². The molecule has 0 bridgehead atoms. The third-order valence-corrected chi connectivity index (χ3v) is 2.62. The van der Waals surface area contributed by atoms with Crippen LogP contribution in [0.25, 0.3) is 0 Å². The van der Waals surface area contributed by atoms with Crippen molar-refractivity contribution in [3.05, 3.63) is 24.3 Å². The molecule has 12 heavy (non-hydrogen) atoms. The van der Waals surface area contributed by atoms with Gasteiger partial charge in [-0.25, -0.2) is 0 Å². The minimum absolute atomic E-state index is 0.262. The SMILES string of the molecule is Cl[C@@H]1Nc2ccccc2N[C@H]1Cl. The third kappa shape index (κ3) is 1.32. The lowest BCUT2D eigenvalue weighted by molar-refractivity contribution is 0.905. The fourth-order valence-corrected chi connectivity index (χ4v) is 1.54. The number of hydrogen-bond acceptors (Lipinski definition) is 2. The van der Waals surface area contributed by atoms with E-state index in [9.17, 15) is 0 Å². The number of nitrogens with one attached hydrogen (secondary N) is 2. The molecule has 0 fully saturated rings. The highest BCUT2D eigenvalue weighted by molar-refractivity contribution is 6.32. The van der Waals surface area contributed by atoms with Crippen molar-refractivity contribution in [2.24, 2.45) is 0 Å². The fraction of sp³-hybridized carbons (Fsp3) is 0.250. The topological polar surface area (TPSA) is 24.1 Å². The number of anilines is 2.